The van der Waals surface area contributed by atoms with Gasteiger partial charge in [0.25, 0.3) is 0 Å². The second-order valence-corrected chi connectivity index (χ2v) is 7.91. The van der Waals surface area contributed by atoms with Crippen LogP contribution in [0.2, 0.25) is 0 Å². The van der Waals surface area contributed by atoms with Gasteiger partial charge in [-0.2, -0.15) is 0 Å². The highest BCUT2D eigenvalue weighted by Gasteiger charge is 2.52. The van der Waals surface area contributed by atoms with Gasteiger partial charge in [-0.3, -0.25) is 4.79 Å². The van der Waals surface area contributed by atoms with Crippen molar-refractivity contribution in [2.75, 3.05) is 26.3 Å². The highest BCUT2D eigenvalue weighted by molar-refractivity contribution is 5.85. The molecule has 0 spiro atoms. The summed E-state index contributed by atoms with van der Waals surface area (Å²) in [6.45, 7) is 2.33. The van der Waals surface area contributed by atoms with Gasteiger partial charge >= 0.3 is 6.03 Å². The number of rotatable bonds is 5. The molecule has 1 atom stereocenters. The molecule has 148 valence electrons. The van der Waals surface area contributed by atoms with Crippen molar-refractivity contribution in [3.63, 3.8) is 0 Å². The number of nitrogens with zero attached hydrogens (tertiary/aromatic N) is 4. The van der Waals surface area contributed by atoms with Gasteiger partial charge in [0.2, 0.25) is 5.91 Å². The van der Waals surface area contributed by atoms with E-state index in [9.17, 15) is 9.59 Å². The molecular weight excluding hydrogens is 348 g/mol. The summed E-state index contributed by atoms with van der Waals surface area (Å²) in [6, 6.07) is -0.280. The molecule has 2 aliphatic carbocycles. The van der Waals surface area contributed by atoms with E-state index in [0.29, 0.717) is 45.1 Å². The van der Waals surface area contributed by atoms with Crippen LogP contribution < -0.4 is 11.1 Å². The molecule has 9 heteroatoms. The molecule has 3 aliphatic rings. The van der Waals surface area contributed by atoms with E-state index in [0.717, 1.165) is 31.4 Å². The van der Waals surface area contributed by atoms with Crippen LogP contribution in [-0.4, -0.2) is 58.1 Å². The van der Waals surface area contributed by atoms with Crippen molar-refractivity contribution < 1.29 is 14.3 Å². The summed E-state index contributed by atoms with van der Waals surface area (Å²) in [5, 5.41) is 11.7. The van der Waals surface area contributed by atoms with Gasteiger partial charge in [-0.15, -0.1) is 5.10 Å². The molecule has 2 heterocycles. The maximum atomic E-state index is 12.8. The zero-order valence-corrected chi connectivity index (χ0v) is 15.6. The molecule has 1 aromatic heterocycles. The molecule has 2 saturated carbocycles. The molecule has 0 aromatic carbocycles. The summed E-state index contributed by atoms with van der Waals surface area (Å²) in [6.07, 6.45) is 8.86. The Morgan fingerprint density at radius 1 is 1.22 bits per heavy atom. The van der Waals surface area contributed by atoms with Crippen LogP contribution in [0.3, 0.4) is 0 Å². The van der Waals surface area contributed by atoms with Gasteiger partial charge < -0.3 is 20.7 Å². The summed E-state index contributed by atoms with van der Waals surface area (Å²) in [7, 11) is 0. The Hall–Kier alpha value is -2.16. The van der Waals surface area contributed by atoms with E-state index in [1.54, 1.807) is 15.8 Å². The van der Waals surface area contributed by atoms with Gasteiger partial charge in [-0.05, 0) is 31.6 Å². The number of ether oxygens (including phenoxy) is 1. The molecule has 3 amide bonds. The number of aromatic nitrogens is 3. The zero-order chi connectivity index (χ0) is 18.9. The normalized spacial score (nSPS) is 23.6. The van der Waals surface area contributed by atoms with E-state index in [1.165, 1.54) is 6.42 Å². The van der Waals surface area contributed by atoms with Gasteiger partial charge in [0, 0.05) is 13.1 Å². The molecule has 9 nitrogen and oxygen atoms in total. The van der Waals surface area contributed by atoms with E-state index < -0.39 is 5.54 Å². The highest BCUT2D eigenvalue weighted by Crippen LogP contribution is 2.43. The second-order valence-electron chi connectivity index (χ2n) is 7.91. The number of morpholine rings is 1. The molecule has 3 N–H and O–H groups in total. The minimum Gasteiger partial charge on any atom is -0.378 e. The number of nitrogens with one attached hydrogen (secondary N) is 1. The third kappa shape index (κ3) is 3.65. The van der Waals surface area contributed by atoms with Gasteiger partial charge in [0.15, 0.2) is 0 Å². The Morgan fingerprint density at radius 2 is 1.93 bits per heavy atom. The predicted octanol–water partition coefficient (Wildman–Crippen LogP) is 0.916. The lowest BCUT2D eigenvalue weighted by Gasteiger charge is -2.33. The number of hydrogen-bond acceptors (Lipinski definition) is 5. The smallest absolute Gasteiger partial charge is 0.318 e. The van der Waals surface area contributed by atoms with Crippen LogP contribution in [0.15, 0.2) is 6.20 Å². The Morgan fingerprint density at radius 3 is 2.56 bits per heavy atom. The first-order chi connectivity index (χ1) is 13.1. The molecule has 27 heavy (non-hydrogen) atoms. The van der Waals surface area contributed by atoms with Crippen LogP contribution >= 0.6 is 0 Å². The van der Waals surface area contributed by atoms with Crippen LogP contribution in [0.5, 0.6) is 0 Å². The first-order valence-electron chi connectivity index (χ1n) is 9.96. The van der Waals surface area contributed by atoms with Gasteiger partial charge in [0.1, 0.15) is 11.2 Å². The van der Waals surface area contributed by atoms with Gasteiger partial charge in [0.05, 0.1) is 25.5 Å². The monoisotopic (exact) mass is 376 g/mol. The average Bonchev–Trinajstić information content (AvgIpc) is 3.38. The summed E-state index contributed by atoms with van der Waals surface area (Å²) < 4.78 is 6.93. The average molecular weight is 376 g/mol. The van der Waals surface area contributed by atoms with Crippen molar-refractivity contribution in [3.05, 3.63) is 11.9 Å². The van der Waals surface area contributed by atoms with Crippen LogP contribution in [0, 0.1) is 5.92 Å². The fourth-order valence-corrected chi connectivity index (χ4v) is 4.23. The highest BCUT2D eigenvalue weighted by atomic mass is 16.5. The first kappa shape index (κ1) is 18.2. The van der Waals surface area contributed by atoms with Gasteiger partial charge in [-0.25, -0.2) is 9.48 Å². The van der Waals surface area contributed by atoms with Crippen molar-refractivity contribution in [2.24, 2.45) is 11.7 Å². The maximum Gasteiger partial charge on any atom is 0.318 e. The fourth-order valence-electron chi connectivity index (χ4n) is 4.23. The van der Waals surface area contributed by atoms with E-state index in [-0.39, 0.29) is 18.0 Å². The number of amides is 3. The van der Waals surface area contributed by atoms with E-state index >= 15 is 0 Å². The lowest BCUT2D eigenvalue weighted by Crippen LogP contribution is -2.48. The van der Waals surface area contributed by atoms with Crippen molar-refractivity contribution in [2.45, 2.75) is 56.5 Å². The number of nitrogens with two attached hydrogens (primary N) is 1. The molecule has 1 aliphatic heterocycles. The minimum atomic E-state index is -0.726. The number of primary amides is 1. The lowest BCUT2D eigenvalue weighted by molar-refractivity contribution is -0.122. The van der Waals surface area contributed by atoms with Crippen molar-refractivity contribution in [1.82, 2.24) is 25.2 Å². The standard InChI is InChI=1S/C18H28N6O3/c19-16(25)18(6-7-18)24-12-14(21-22-24)15(13-4-2-1-3-5-13)20-17(26)23-8-10-27-11-9-23/h12-13,15H,1-11H2,(H2,19,25)(H,20,26). The SMILES string of the molecule is NC(=O)C1(n2cc(C(NC(=O)N3CCOCC3)C3CCCCC3)nn2)CC1. The Balaban J connectivity index is 1.53. The second kappa shape index (κ2) is 7.46. The van der Waals surface area contributed by atoms with Crippen LogP contribution in [-0.2, 0) is 15.1 Å². The van der Waals surface area contributed by atoms with E-state index in [1.807, 2.05) is 0 Å². The largest absolute Gasteiger partial charge is 0.378 e. The van der Waals surface area contributed by atoms with Crippen LogP contribution in [0.25, 0.3) is 0 Å². The summed E-state index contributed by atoms with van der Waals surface area (Å²) in [4.78, 5) is 26.4. The number of urea groups is 1. The van der Waals surface area contributed by atoms with E-state index in [2.05, 4.69) is 15.6 Å². The molecule has 0 radical (unpaired) electrons. The number of carbonyl (C=O) groups excluding carboxylic acids is 2. The Labute approximate surface area is 158 Å². The summed E-state index contributed by atoms with van der Waals surface area (Å²) >= 11 is 0. The Kier molecular flexibility index (Phi) is 5.03. The number of hydrogen-bond donors (Lipinski definition) is 2. The molecule has 1 aromatic rings. The lowest BCUT2D eigenvalue weighted by atomic mass is 9.83. The molecule has 1 unspecified atom stereocenters. The topological polar surface area (TPSA) is 115 Å². The quantitative estimate of drug-likeness (QED) is 0.793. The maximum absolute atomic E-state index is 12.8. The molecule has 1 saturated heterocycles. The third-order valence-corrected chi connectivity index (χ3v) is 6.15. The van der Waals surface area contributed by atoms with Crippen molar-refractivity contribution in [1.29, 1.82) is 0 Å². The Bertz CT molecular complexity index is 689. The number of carbonyl (C=O) groups is 2. The fraction of sp³-hybridized carbons (Fsp3) is 0.778. The van der Waals surface area contributed by atoms with E-state index in [4.69, 9.17) is 10.5 Å². The molecule has 0 bridgehead atoms. The molecule has 3 fully saturated rings. The van der Waals surface area contributed by atoms with Crippen molar-refractivity contribution >= 4 is 11.9 Å². The first-order valence-corrected chi connectivity index (χ1v) is 9.96. The van der Waals surface area contributed by atoms with Crippen molar-refractivity contribution in [3.8, 4) is 0 Å². The molecule has 4 rings (SSSR count). The summed E-state index contributed by atoms with van der Waals surface area (Å²) in [5.74, 6) is -0.0388. The third-order valence-electron chi connectivity index (χ3n) is 6.15. The minimum absolute atomic E-state index is 0.0838. The zero-order valence-electron chi connectivity index (χ0n) is 15.6. The van der Waals surface area contributed by atoms with Crippen LogP contribution in [0.4, 0.5) is 4.79 Å². The van der Waals surface area contributed by atoms with Crippen LogP contribution in [0.1, 0.15) is 56.7 Å². The predicted molar refractivity (Wildman–Crippen MR) is 96.7 cm³/mol. The van der Waals surface area contributed by atoms with Gasteiger partial charge in [-0.1, -0.05) is 24.5 Å². The molecular formula is C18H28N6O3. The summed E-state index contributed by atoms with van der Waals surface area (Å²) in [5.41, 5.74) is 5.55.